The summed E-state index contributed by atoms with van der Waals surface area (Å²) < 4.78 is 21.2. The summed E-state index contributed by atoms with van der Waals surface area (Å²) in [5.74, 6) is 1.59. The molecule has 0 radical (unpaired) electrons. The van der Waals surface area contributed by atoms with Gasteiger partial charge >= 0.3 is 0 Å². The Labute approximate surface area is 315 Å². The van der Waals surface area contributed by atoms with Gasteiger partial charge < -0.3 is 30.6 Å². The molecule has 5 atom stereocenters. The van der Waals surface area contributed by atoms with E-state index in [0.717, 1.165) is 43.1 Å². The molecule has 1 aromatic carbocycles. The summed E-state index contributed by atoms with van der Waals surface area (Å²) in [6, 6.07) is 4.28. The van der Waals surface area contributed by atoms with Gasteiger partial charge in [0.05, 0.1) is 25.3 Å². The molecule has 6 N–H and O–H groups in total. The second-order valence-corrected chi connectivity index (χ2v) is 15.5. The minimum absolute atomic E-state index is 0.0902. The number of nitrogens with zero attached hydrogens (tertiary/aromatic N) is 2. The van der Waals surface area contributed by atoms with Gasteiger partial charge in [0, 0.05) is 40.5 Å². The van der Waals surface area contributed by atoms with E-state index < -0.39 is 24.1 Å². The molecular formula is C40H64N5O6S+. The Hall–Kier alpha value is -3.51. The van der Waals surface area contributed by atoms with Crippen LogP contribution in [0.5, 0.6) is 17.4 Å². The molecule has 2 heterocycles. The normalized spacial score (nSPS) is 21.8. The zero-order valence-electron chi connectivity index (χ0n) is 33.0. The summed E-state index contributed by atoms with van der Waals surface area (Å²) in [6.07, 6.45) is 11.8. The summed E-state index contributed by atoms with van der Waals surface area (Å²) in [5.41, 5.74) is 11.5. The number of rotatable bonds is 17. The molecule has 1 aromatic heterocycles. The quantitative estimate of drug-likeness (QED) is 0.0968. The van der Waals surface area contributed by atoms with Gasteiger partial charge in [-0.1, -0.05) is 46.3 Å². The fourth-order valence-electron chi connectivity index (χ4n) is 6.27. The molecule has 3 fully saturated rings. The Balaban J connectivity index is 0.00000176. The lowest BCUT2D eigenvalue weighted by molar-refractivity contribution is -0.407. The minimum Gasteiger partial charge on any atom is -0.496 e. The van der Waals surface area contributed by atoms with E-state index in [9.17, 15) is 14.4 Å². The molecule has 2 saturated carbocycles. The maximum Gasteiger partial charge on any atom is 0.281 e. The van der Waals surface area contributed by atoms with E-state index in [1.54, 1.807) is 30.0 Å². The minimum atomic E-state index is -0.762. The maximum atomic E-state index is 13.5. The number of carbonyl (C=O) groups excluding carboxylic acids is 3. The molecule has 3 unspecified atom stereocenters. The zero-order valence-corrected chi connectivity index (χ0v) is 33.8. The number of pyridine rings is 1. The molecule has 2 aliphatic carbocycles. The molecule has 0 spiro atoms. The number of aromatic nitrogens is 1. The van der Waals surface area contributed by atoms with E-state index in [1.807, 2.05) is 60.6 Å². The van der Waals surface area contributed by atoms with E-state index >= 15 is 0 Å². The molecule has 0 bridgehead atoms. The van der Waals surface area contributed by atoms with Crippen LogP contribution in [0.15, 0.2) is 30.4 Å². The van der Waals surface area contributed by atoms with Gasteiger partial charge in [-0.05, 0) is 96.2 Å². The van der Waals surface area contributed by atoms with Crippen LogP contribution in [0.3, 0.4) is 0 Å². The highest BCUT2D eigenvalue weighted by molar-refractivity contribution is 7.99. The van der Waals surface area contributed by atoms with E-state index in [4.69, 9.17) is 24.9 Å². The second kappa shape index (κ2) is 20.1. The van der Waals surface area contributed by atoms with Crippen molar-refractivity contribution in [2.24, 2.45) is 17.6 Å². The SMILES string of the molecule is CC.CC.COc1ccc2c(O[C@@H]3CC(C(N)=O)N(C(=O)[C@@H]([NH3+])CCCCC/C=C\C4CC4C(=O)NSC4(C)CC4)C3)cc(OC(C)C)nc2c1C. The number of hydrogen-bond acceptors (Lipinski definition) is 8. The number of nitrogens with one attached hydrogen (secondary N) is 1. The van der Waals surface area contributed by atoms with Crippen LogP contribution in [-0.4, -0.2) is 70.3 Å². The largest absolute Gasteiger partial charge is 0.496 e. The molecule has 5 rings (SSSR count). The van der Waals surface area contributed by atoms with Crippen molar-refractivity contribution in [3.8, 4) is 17.4 Å². The number of primary amides is 1. The third-order valence-electron chi connectivity index (χ3n) is 9.55. The first-order chi connectivity index (χ1) is 24.9. The predicted molar refractivity (Wildman–Crippen MR) is 209 cm³/mol. The molecule has 12 heteroatoms. The monoisotopic (exact) mass is 742 g/mol. The van der Waals surface area contributed by atoms with Crippen molar-refractivity contribution in [3.63, 3.8) is 0 Å². The van der Waals surface area contributed by atoms with Crippen LogP contribution in [0.25, 0.3) is 10.9 Å². The van der Waals surface area contributed by atoms with Crippen molar-refractivity contribution in [1.82, 2.24) is 14.6 Å². The van der Waals surface area contributed by atoms with Crippen LogP contribution in [0.1, 0.15) is 112 Å². The van der Waals surface area contributed by atoms with Crippen molar-refractivity contribution >= 4 is 40.6 Å². The van der Waals surface area contributed by atoms with Crippen LogP contribution >= 0.6 is 11.9 Å². The van der Waals surface area contributed by atoms with Gasteiger partial charge in [0.25, 0.3) is 5.91 Å². The molecule has 3 aliphatic rings. The van der Waals surface area contributed by atoms with Gasteiger partial charge in [0.2, 0.25) is 17.7 Å². The molecule has 2 aromatic rings. The average molecular weight is 743 g/mol. The summed E-state index contributed by atoms with van der Waals surface area (Å²) in [4.78, 5) is 44.5. The van der Waals surface area contributed by atoms with Crippen molar-refractivity contribution < 1.29 is 34.3 Å². The van der Waals surface area contributed by atoms with Crippen molar-refractivity contribution in [2.45, 2.75) is 142 Å². The number of unbranched alkanes of at least 4 members (excludes halogenated alkanes) is 3. The fourth-order valence-corrected chi connectivity index (χ4v) is 7.07. The second-order valence-electron chi connectivity index (χ2n) is 14.1. The van der Waals surface area contributed by atoms with Gasteiger partial charge in [-0.3, -0.25) is 19.1 Å². The lowest BCUT2D eigenvalue weighted by Gasteiger charge is -2.23. The van der Waals surface area contributed by atoms with E-state index in [2.05, 4.69) is 29.5 Å². The van der Waals surface area contributed by atoms with Crippen LogP contribution in [0.2, 0.25) is 0 Å². The van der Waals surface area contributed by atoms with E-state index in [1.165, 1.54) is 12.8 Å². The lowest BCUT2D eigenvalue weighted by atomic mass is 10.1. The Morgan fingerprint density at radius 1 is 1.12 bits per heavy atom. The number of allylic oxidation sites excluding steroid dienone is 2. The number of ether oxygens (including phenoxy) is 3. The Morgan fingerprint density at radius 2 is 1.83 bits per heavy atom. The smallest absolute Gasteiger partial charge is 0.281 e. The highest BCUT2D eigenvalue weighted by atomic mass is 32.2. The van der Waals surface area contributed by atoms with Crippen LogP contribution in [-0.2, 0) is 14.4 Å². The van der Waals surface area contributed by atoms with Crippen LogP contribution in [0.4, 0.5) is 0 Å². The molecule has 52 heavy (non-hydrogen) atoms. The standard InChI is InChI=1S/C36H51N5O6S.2C2H6/c1-21(2)46-31-19-30(25-13-14-29(45-5)22(3)32(25)39-31)47-24-18-28(33(38)42)41(20-24)35(44)27(37)12-10-8-6-7-9-11-23-17-26(23)34(43)40-48-36(4)15-16-36;2*1-2/h9,11,13-14,19,21,23-24,26-28H,6-8,10,12,15-18,20,37H2,1-5H3,(H2,38,42)(H,40,43);2*1-2H3/p+1/b11-9-;;/t23?,24-,26?,27+,28?;;/m1../s1. The summed E-state index contributed by atoms with van der Waals surface area (Å²) in [7, 11) is 1.62. The van der Waals surface area contributed by atoms with Gasteiger partial charge in [-0.15, -0.1) is 0 Å². The Morgan fingerprint density at radius 3 is 2.46 bits per heavy atom. The van der Waals surface area contributed by atoms with Crippen LogP contribution in [0, 0.1) is 18.8 Å². The van der Waals surface area contributed by atoms with Gasteiger partial charge in [0.15, 0.2) is 6.04 Å². The number of aryl methyl sites for hydroxylation is 1. The average Bonchev–Trinajstić information content (AvgIpc) is 4.04. The summed E-state index contributed by atoms with van der Waals surface area (Å²) in [6.45, 7) is 16.2. The number of nitrogens with two attached hydrogens (primary N) is 1. The molecule has 3 amide bonds. The third kappa shape index (κ3) is 11.7. The maximum absolute atomic E-state index is 13.5. The number of fused-ring (bicyclic) bond motifs is 1. The van der Waals surface area contributed by atoms with Crippen molar-refractivity contribution in [3.05, 3.63) is 35.9 Å². The number of benzene rings is 1. The first kappa shape index (κ1) is 42.9. The Bertz CT molecular complexity index is 1530. The van der Waals surface area contributed by atoms with Crippen molar-refractivity contribution in [2.75, 3.05) is 13.7 Å². The number of carbonyl (C=O) groups is 3. The zero-order chi connectivity index (χ0) is 38.6. The highest BCUT2D eigenvalue weighted by Gasteiger charge is 2.44. The molecular weight excluding hydrogens is 679 g/mol. The number of amides is 3. The number of methoxy groups -OCH3 is 1. The summed E-state index contributed by atoms with van der Waals surface area (Å²) in [5, 5.41) is 0.787. The number of hydrogen-bond donors (Lipinski definition) is 3. The van der Waals surface area contributed by atoms with E-state index in [-0.39, 0.29) is 35.1 Å². The first-order valence-corrected chi connectivity index (χ1v) is 20.1. The highest BCUT2D eigenvalue weighted by Crippen LogP contribution is 2.47. The third-order valence-corrected chi connectivity index (χ3v) is 10.8. The molecule has 11 nitrogen and oxygen atoms in total. The Kier molecular flexibility index (Phi) is 16.6. The topological polar surface area (TPSA) is 161 Å². The molecule has 1 aliphatic heterocycles. The van der Waals surface area contributed by atoms with Gasteiger partial charge in [-0.2, -0.15) is 0 Å². The van der Waals surface area contributed by atoms with Gasteiger partial charge in [-0.25, -0.2) is 4.98 Å². The predicted octanol–water partition coefficient (Wildman–Crippen LogP) is 6.30. The molecule has 1 saturated heterocycles. The van der Waals surface area contributed by atoms with Crippen LogP contribution < -0.4 is 30.4 Å². The lowest BCUT2D eigenvalue weighted by Crippen LogP contribution is -2.68. The number of likely N-dealkylation sites (tertiary alicyclic amines) is 1. The van der Waals surface area contributed by atoms with E-state index in [0.29, 0.717) is 41.7 Å². The van der Waals surface area contributed by atoms with Crippen molar-refractivity contribution in [1.29, 1.82) is 0 Å². The first-order valence-electron chi connectivity index (χ1n) is 19.3. The summed E-state index contributed by atoms with van der Waals surface area (Å²) >= 11 is 1.58. The number of quaternary nitrogens is 1. The van der Waals surface area contributed by atoms with Gasteiger partial charge in [0.1, 0.15) is 23.6 Å². The fraction of sp³-hybridized carbons (Fsp3) is 0.650. The molecule has 290 valence electrons.